The van der Waals surface area contributed by atoms with E-state index in [4.69, 9.17) is 21.4 Å². The van der Waals surface area contributed by atoms with Crippen molar-refractivity contribution in [2.75, 3.05) is 31.7 Å². The summed E-state index contributed by atoms with van der Waals surface area (Å²) in [6.07, 6.45) is 2.49. The highest BCUT2D eigenvalue weighted by molar-refractivity contribution is 6.32. The molecule has 2 rings (SSSR count). The highest BCUT2D eigenvalue weighted by Gasteiger charge is 2.29. The van der Waals surface area contributed by atoms with Gasteiger partial charge < -0.3 is 20.3 Å². The molecule has 0 aromatic carbocycles. The lowest BCUT2D eigenvalue weighted by Gasteiger charge is -2.32. The number of halogens is 1. The van der Waals surface area contributed by atoms with E-state index in [2.05, 4.69) is 10.4 Å². The van der Waals surface area contributed by atoms with Crippen LogP contribution in [0.2, 0.25) is 5.02 Å². The Morgan fingerprint density at radius 3 is 2.85 bits per heavy atom. The fourth-order valence-electron chi connectivity index (χ4n) is 2.03. The number of nitrogens with zero attached hydrogens (tertiary/aromatic N) is 2. The Morgan fingerprint density at radius 1 is 1.50 bits per heavy atom. The van der Waals surface area contributed by atoms with E-state index in [1.165, 1.54) is 6.20 Å². The average molecular weight is 304 g/mol. The monoisotopic (exact) mass is 303 g/mol. The predicted molar refractivity (Wildman–Crippen MR) is 74.1 cm³/mol. The summed E-state index contributed by atoms with van der Waals surface area (Å²) in [6.45, 7) is 1.22. The third-order valence-corrected chi connectivity index (χ3v) is 3.69. The molecule has 0 atom stereocenters. The molecule has 0 unspecified atom stereocenters. The molecule has 0 radical (unpaired) electrons. The Kier molecular flexibility index (Phi) is 4.98. The lowest BCUT2D eigenvalue weighted by atomic mass is 9.94. The molecule has 0 amide bonds. The molecule has 1 aliphatic rings. The van der Waals surface area contributed by atoms with Gasteiger partial charge in [0.2, 0.25) is 0 Å². The van der Waals surface area contributed by atoms with Crippen LogP contribution in [0.5, 0.6) is 0 Å². The average Bonchev–Trinajstić information content (AvgIpc) is 2.44. The lowest BCUT2D eigenvalue weighted by Crippen LogP contribution is -2.42. The molecular formula is C12H18ClN3O4. The fraction of sp³-hybridized carbons (Fsp3) is 0.667. The van der Waals surface area contributed by atoms with Gasteiger partial charge in [0.05, 0.1) is 30.6 Å². The van der Waals surface area contributed by atoms with Crippen LogP contribution in [0, 0.1) is 0 Å². The number of aromatic nitrogens is 2. The van der Waals surface area contributed by atoms with Crippen molar-refractivity contribution in [3.8, 4) is 0 Å². The summed E-state index contributed by atoms with van der Waals surface area (Å²) < 4.78 is 6.29. The number of hydrogen-bond acceptors (Lipinski definition) is 6. The quantitative estimate of drug-likeness (QED) is 0.699. The van der Waals surface area contributed by atoms with Crippen LogP contribution in [0.3, 0.4) is 0 Å². The first-order chi connectivity index (χ1) is 9.56. The number of ether oxygens (including phenoxy) is 1. The molecule has 112 valence electrons. The minimum Gasteiger partial charge on any atom is -0.394 e. The van der Waals surface area contributed by atoms with Gasteiger partial charge in [0.15, 0.2) is 0 Å². The number of aliphatic hydroxyl groups is 2. The van der Waals surface area contributed by atoms with Crippen LogP contribution in [0.25, 0.3) is 0 Å². The highest BCUT2D eigenvalue weighted by Crippen LogP contribution is 2.22. The van der Waals surface area contributed by atoms with Crippen molar-refractivity contribution in [1.82, 2.24) is 9.78 Å². The Morgan fingerprint density at radius 2 is 2.20 bits per heavy atom. The zero-order valence-electron chi connectivity index (χ0n) is 11.0. The van der Waals surface area contributed by atoms with Gasteiger partial charge in [0, 0.05) is 32.6 Å². The van der Waals surface area contributed by atoms with Crippen LogP contribution >= 0.6 is 11.6 Å². The summed E-state index contributed by atoms with van der Waals surface area (Å²) in [5.41, 5.74) is -0.947. The second-order valence-corrected chi connectivity index (χ2v) is 5.19. The van der Waals surface area contributed by atoms with E-state index in [1.54, 1.807) is 0 Å². The van der Waals surface area contributed by atoms with Gasteiger partial charge in [-0.1, -0.05) is 11.6 Å². The smallest absolute Gasteiger partial charge is 0.287 e. The van der Waals surface area contributed by atoms with Crippen LogP contribution in [0.1, 0.15) is 12.8 Å². The minimum atomic E-state index is -0.860. The highest BCUT2D eigenvalue weighted by atomic mass is 35.5. The van der Waals surface area contributed by atoms with Crippen LogP contribution < -0.4 is 10.9 Å². The first-order valence-corrected chi connectivity index (χ1v) is 6.84. The standard InChI is InChI=1S/C12H18ClN3O4/c13-10-9(7-15-16(3-4-17)11(10)18)14-8-12(19)1-5-20-6-2-12/h7,14,17,19H,1-6,8H2. The van der Waals surface area contributed by atoms with Crippen molar-refractivity contribution >= 4 is 17.3 Å². The summed E-state index contributed by atoms with van der Waals surface area (Å²) in [5, 5.41) is 26.0. The van der Waals surface area contributed by atoms with E-state index in [0.717, 1.165) is 4.68 Å². The van der Waals surface area contributed by atoms with Crippen LogP contribution in [0.4, 0.5) is 5.69 Å². The maximum Gasteiger partial charge on any atom is 0.287 e. The van der Waals surface area contributed by atoms with Crippen LogP contribution in [0.15, 0.2) is 11.0 Å². The van der Waals surface area contributed by atoms with Gasteiger partial charge >= 0.3 is 0 Å². The van der Waals surface area contributed by atoms with Gasteiger partial charge in [0.1, 0.15) is 5.02 Å². The molecule has 1 aromatic rings. The van der Waals surface area contributed by atoms with Crippen molar-refractivity contribution in [3.05, 3.63) is 21.6 Å². The van der Waals surface area contributed by atoms with E-state index in [0.29, 0.717) is 31.7 Å². The molecule has 2 heterocycles. The second kappa shape index (κ2) is 6.53. The Hall–Kier alpha value is -1.15. The Balaban J connectivity index is 2.06. The number of nitrogens with one attached hydrogen (secondary N) is 1. The summed E-state index contributed by atoms with van der Waals surface area (Å²) in [4.78, 5) is 11.8. The third kappa shape index (κ3) is 3.49. The molecule has 1 saturated heterocycles. The molecule has 8 heteroatoms. The van der Waals surface area contributed by atoms with Crippen molar-refractivity contribution < 1.29 is 14.9 Å². The van der Waals surface area contributed by atoms with Crippen molar-refractivity contribution in [1.29, 1.82) is 0 Å². The molecule has 3 N–H and O–H groups in total. The molecule has 7 nitrogen and oxygen atoms in total. The Labute approximate surface area is 121 Å². The maximum absolute atomic E-state index is 11.8. The SMILES string of the molecule is O=c1c(Cl)c(NCC2(O)CCOCC2)cnn1CCO. The van der Waals surface area contributed by atoms with Gasteiger partial charge in [-0.25, -0.2) is 4.68 Å². The van der Waals surface area contributed by atoms with E-state index in [1.807, 2.05) is 0 Å². The lowest BCUT2D eigenvalue weighted by molar-refractivity contribution is -0.0543. The molecule has 0 aliphatic carbocycles. The van der Waals surface area contributed by atoms with Gasteiger partial charge in [-0.3, -0.25) is 4.79 Å². The number of anilines is 1. The topological polar surface area (TPSA) is 96.6 Å². The van der Waals surface area contributed by atoms with Crippen LogP contribution in [-0.4, -0.2) is 52.0 Å². The second-order valence-electron chi connectivity index (χ2n) is 4.81. The zero-order valence-corrected chi connectivity index (χ0v) is 11.8. The summed E-state index contributed by atoms with van der Waals surface area (Å²) in [5.74, 6) is 0. The van der Waals surface area contributed by atoms with E-state index in [9.17, 15) is 9.90 Å². The molecule has 20 heavy (non-hydrogen) atoms. The van der Waals surface area contributed by atoms with Gasteiger partial charge in [-0.2, -0.15) is 5.10 Å². The normalized spacial score (nSPS) is 17.9. The van der Waals surface area contributed by atoms with E-state index < -0.39 is 11.2 Å². The zero-order chi connectivity index (χ0) is 14.6. The number of aliphatic hydroxyl groups excluding tert-OH is 1. The Bertz CT molecular complexity index is 514. The molecule has 1 aromatic heterocycles. The van der Waals surface area contributed by atoms with Crippen molar-refractivity contribution in [2.45, 2.75) is 25.0 Å². The molecule has 0 spiro atoms. The predicted octanol–water partition coefficient (Wildman–Crippen LogP) is -0.158. The number of hydrogen-bond donors (Lipinski definition) is 3. The third-order valence-electron chi connectivity index (χ3n) is 3.33. The van der Waals surface area contributed by atoms with Crippen molar-refractivity contribution in [3.63, 3.8) is 0 Å². The first-order valence-electron chi connectivity index (χ1n) is 6.46. The molecule has 0 bridgehead atoms. The van der Waals surface area contributed by atoms with E-state index in [-0.39, 0.29) is 24.7 Å². The van der Waals surface area contributed by atoms with E-state index >= 15 is 0 Å². The molecule has 0 saturated carbocycles. The largest absolute Gasteiger partial charge is 0.394 e. The summed E-state index contributed by atoms with van der Waals surface area (Å²) in [6, 6.07) is 0. The van der Waals surface area contributed by atoms with Crippen molar-refractivity contribution in [2.24, 2.45) is 0 Å². The summed E-state index contributed by atoms with van der Waals surface area (Å²) >= 11 is 5.97. The first kappa shape index (κ1) is 15.2. The van der Waals surface area contributed by atoms with Gasteiger partial charge in [-0.05, 0) is 0 Å². The van der Waals surface area contributed by atoms with Gasteiger partial charge in [0.25, 0.3) is 5.56 Å². The minimum absolute atomic E-state index is 0.00381. The van der Waals surface area contributed by atoms with Crippen LogP contribution in [-0.2, 0) is 11.3 Å². The maximum atomic E-state index is 11.8. The molecule has 1 aliphatic heterocycles. The number of rotatable bonds is 5. The molecular weight excluding hydrogens is 286 g/mol. The summed E-state index contributed by atoms with van der Waals surface area (Å²) in [7, 11) is 0. The fourth-order valence-corrected chi connectivity index (χ4v) is 2.24. The molecule has 1 fully saturated rings. The van der Waals surface area contributed by atoms with Gasteiger partial charge in [-0.15, -0.1) is 0 Å².